The Labute approximate surface area is 95.6 Å². The number of pyridine rings is 1. The van der Waals surface area contributed by atoms with Crippen LogP contribution < -0.4 is 0 Å². The van der Waals surface area contributed by atoms with Crippen molar-refractivity contribution in [1.82, 2.24) is 15.0 Å². The summed E-state index contributed by atoms with van der Waals surface area (Å²) in [5, 5.41) is 0. The fourth-order valence-corrected chi connectivity index (χ4v) is 1.38. The lowest BCUT2D eigenvalue weighted by Crippen LogP contribution is -2.13. The molecule has 0 aliphatic heterocycles. The summed E-state index contributed by atoms with van der Waals surface area (Å²) in [4.78, 5) is 12.9. The molecule has 0 unspecified atom stereocenters. The maximum atomic E-state index is 4.44. The van der Waals surface area contributed by atoms with Gasteiger partial charge in [-0.25, -0.2) is 0 Å². The Morgan fingerprint density at radius 3 is 2.31 bits per heavy atom. The first-order valence-corrected chi connectivity index (χ1v) is 5.30. The number of hydrogen-bond donors (Lipinski definition) is 0. The smallest absolute Gasteiger partial charge is 0.0900 e. The lowest BCUT2D eigenvalue weighted by atomic mass is 9.93. The van der Waals surface area contributed by atoms with Crippen LogP contribution in [-0.4, -0.2) is 15.0 Å². The van der Waals surface area contributed by atoms with Crippen molar-refractivity contribution in [2.75, 3.05) is 0 Å². The van der Waals surface area contributed by atoms with Crippen molar-refractivity contribution in [1.29, 1.82) is 0 Å². The largest absolute Gasteiger partial charge is 0.264 e. The minimum Gasteiger partial charge on any atom is -0.264 e. The van der Waals surface area contributed by atoms with Gasteiger partial charge in [0.2, 0.25) is 0 Å². The first-order valence-electron chi connectivity index (χ1n) is 5.30. The molecule has 2 heterocycles. The van der Waals surface area contributed by atoms with Crippen LogP contribution in [0.2, 0.25) is 0 Å². The van der Waals surface area contributed by atoms with E-state index >= 15 is 0 Å². The molecule has 0 amide bonds. The number of rotatable bonds is 1. The molecular formula is C13H15N3. The summed E-state index contributed by atoms with van der Waals surface area (Å²) in [6.45, 7) is 6.38. The molecular weight excluding hydrogens is 198 g/mol. The van der Waals surface area contributed by atoms with Gasteiger partial charge in [-0.3, -0.25) is 15.0 Å². The van der Waals surface area contributed by atoms with Crippen molar-refractivity contribution in [2.45, 2.75) is 26.2 Å². The van der Waals surface area contributed by atoms with E-state index in [2.05, 4.69) is 35.7 Å². The highest BCUT2D eigenvalue weighted by atomic mass is 14.8. The third-order valence-electron chi connectivity index (χ3n) is 2.38. The minimum atomic E-state index is 0.0421. The molecule has 3 heteroatoms. The number of aromatic nitrogens is 3. The molecule has 3 nitrogen and oxygen atoms in total. The maximum Gasteiger partial charge on any atom is 0.0900 e. The Hall–Kier alpha value is -1.77. The van der Waals surface area contributed by atoms with Gasteiger partial charge in [-0.1, -0.05) is 20.8 Å². The predicted octanol–water partition coefficient (Wildman–Crippen LogP) is 2.84. The monoisotopic (exact) mass is 213 g/mol. The molecule has 0 fully saturated rings. The first kappa shape index (κ1) is 10.7. The average Bonchev–Trinajstić information content (AvgIpc) is 2.29. The highest BCUT2D eigenvalue weighted by molar-refractivity contribution is 5.56. The van der Waals surface area contributed by atoms with Gasteiger partial charge in [-0.15, -0.1) is 0 Å². The molecule has 2 rings (SSSR count). The highest BCUT2D eigenvalue weighted by Crippen LogP contribution is 2.21. The number of nitrogens with zero attached hydrogens (tertiary/aromatic N) is 3. The van der Waals surface area contributed by atoms with E-state index in [1.54, 1.807) is 18.6 Å². The summed E-state index contributed by atoms with van der Waals surface area (Å²) in [6, 6.07) is 3.88. The molecule has 0 aliphatic rings. The van der Waals surface area contributed by atoms with Crippen molar-refractivity contribution < 1.29 is 0 Å². The molecule has 82 valence electrons. The van der Waals surface area contributed by atoms with Gasteiger partial charge in [0.05, 0.1) is 17.6 Å². The van der Waals surface area contributed by atoms with Gasteiger partial charge in [0.15, 0.2) is 0 Å². The van der Waals surface area contributed by atoms with Gasteiger partial charge in [0.1, 0.15) is 0 Å². The van der Waals surface area contributed by atoms with E-state index in [1.165, 1.54) is 0 Å². The third-order valence-corrected chi connectivity index (χ3v) is 2.38. The van der Waals surface area contributed by atoms with Crippen molar-refractivity contribution in [3.8, 4) is 11.3 Å². The standard InChI is InChI=1S/C13H15N3/c1-13(2,3)12-9-15-11(8-16-12)10-5-4-6-14-7-10/h4-9H,1-3H3. The molecule has 0 spiro atoms. The van der Waals surface area contributed by atoms with E-state index in [4.69, 9.17) is 0 Å². The third kappa shape index (κ3) is 2.24. The quantitative estimate of drug-likeness (QED) is 0.731. The summed E-state index contributed by atoms with van der Waals surface area (Å²) >= 11 is 0. The average molecular weight is 213 g/mol. The van der Waals surface area contributed by atoms with E-state index in [9.17, 15) is 0 Å². The topological polar surface area (TPSA) is 38.7 Å². The van der Waals surface area contributed by atoms with E-state index in [-0.39, 0.29) is 5.41 Å². The zero-order valence-electron chi connectivity index (χ0n) is 9.81. The fraction of sp³-hybridized carbons (Fsp3) is 0.308. The summed E-state index contributed by atoms with van der Waals surface area (Å²) < 4.78 is 0. The van der Waals surface area contributed by atoms with Crippen LogP contribution >= 0.6 is 0 Å². The van der Waals surface area contributed by atoms with Gasteiger partial charge in [-0.2, -0.15) is 0 Å². The molecule has 0 radical (unpaired) electrons. The van der Waals surface area contributed by atoms with Gasteiger partial charge in [-0.05, 0) is 12.1 Å². The summed E-state index contributed by atoms with van der Waals surface area (Å²) in [5.74, 6) is 0. The first-order chi connectivity index (χ1) is 7.57. The van der Waals surface area contributed by atoms with Crippen LogP contribution in [0.1, 0.15) is 26.5 Å². The van der Waals surface area contributed by atoms with E-state index in [1.807, 2.05) is 18.3 Å². The molecule has 0 saturated carbocycles. The summed E-state index contributed by atoms with van der Waals surface area (Å²) in [7, 11) is 0. The number of hydrogen-bond acceptors (Lipinski definition) is 3. The Balaban J connectivity index is 2.34. The molecule has 16 heavy (non-hydrogen) atoms. The lowest BCUT2D eigenvalue weighted by molar-refractivity contribution is 0.566. The molecule has 0 aromatic carbocycles. The van der Waals surface area contributed by atoms with E-state index in [0.717, 1.165) is 17.0 Å². The van der Waals surface area contributed by atoms with E-state index in [0.29, 0.717) is 0 Å². The normalized spacial score (nSPS) is 11.4. The fourth-order valence-electron chi connectivity index (χ4n) is 1.38. The summed E-state index contributed by atoms with van der Waals surface area (Å²) in [6.07, 6.45) is 7.18. The Morgan fingerprint density at radius 1 is 1.00 bits per heavy atom. The Morgan fingerprint density at radius 2 is 1.81 bits per heavy atom. The lowest BCUT2D eigenvalue weighted by Gasteiger charge is -2.16. The zero-order valence-corrected chi connectivity index (χ0v) is 9.81. The van der Waals surface area contributed by atoms with Gasteiger partial charge < -0.3 is 0 Å². The molecule has 0 aliphatic carbocycles. The predicted molar refractivity (Wildman–Crippen MR) is 64.0 cm³/mol. The molecule has 0 atom stereocenters. The van der Waals surface area contributed by atoms with Crippen molar-refractivity contribution in [3.05, 3.63) is 42.6 Å². The van der Waals surface area contributed by atoms with Crippen LogP contribution in [0.5, 0.6) is 0 Å². The summed E-state index contributed by atoms with van der Waals surface area (Å²) in [5.41, 5.74) is 2.90. The second-order valence-corrected chi connectivity index (χ2v) is 4.78. The van der Waals surface area contributed by atoms with Crippen LogP contribution in [-0.2, 0) is 5.41 Å². The van der Waals surface area contributed by atoms with Crippen molar-refractivity contribution in [3.63, 3.8) is 0 Å². The molecule has 0 N–H and O–H groups in total. The Bertz CT molecular complexity index is 455. The molecule has 2 aromatic rings. The van der Waals surface area contributed by atoms with Crippen LogP contribution in [0.25, 0.3) is 11.3 Å². The minimum absolute atomic E-state index is 0.0421. The zero-order chi connectivity index (χ0) is 11.6. The maximum absolute atomic E-state index is 4.44. The Kier molecular flexibility index (Phi) is 2.69. The van der Waals surface area contributed by atoms with Crippen LogP contribution in [0.4, 0.5) is 0 Å². The second kappa shape index (κ2) is 4.00. The molecule has 0 saturated heterocycles. The second-order valence-electron chi connectivity index (χ2n) is 4.78. The van der Waals surface area contributed by atoms with Crippen molar-refractivity contribution >= 4 is 0 Å². The SMILES string of the molecule is CC(C)(C)c1cnc(-c2cccnc2)cn1. The van der Waals surface area contributed by atoms with Crippen LogP contribution in [0, 0.1) is 0 Å². The van der Waals surface area contributed by atoms with Crippen molar-refractivity contribution in [2.24, 2.45) is 0 Å². The van der Waals surface area contributed by atoms with Crippen LogP contribution in [0.15, 0.2) is 36.9 Å². The molecule has 2 aromatic heterocycles. The van der Waals surface area contributed by atoms with Gasteiger partial charge in [0, 0.05) is 29.6 Å². The van der Waals surface area contributed by atoms with Gasteiger partial charge >= 0.3 is 0 Å². The van der Waals surface area contributed by atoms with Crippen LogP contribution in [0.3, 0.4) is 0 Å². The van der Waals surface area contributed by atoms with E-state index < -0.39 is 0 Å². The highest BCUT2D eigenvalue weighted by Gasteiger charge is 2.15. The molecule has 0 bridgehead atoms. The van der Waals surface area contributed by atoms with Gasteiger partial charge in [0.25, 0.3) is 0 Å².